The number of nitrogens with one attached hydrogen (secondary N) is 1. The number of amides is 2. The fourth-order valence-corrected chi connectivity index (χ4v) is 4.44. The Labute approximate surface area is 196 Å². The molecule has 1 heterocycles. The van der Waals surface area contributed by atoms with Crippen molar-refractivity contribution >= 4 is 52.2 Å². The molecule has 164 valence electrons. The van der Waals surface area contributed by atoms with Gasteiger partial charge in [0, 0.05) is 6.42 Å². The minimum Gasteiger partial charge on any atom is -0.480 e. The lowest BCUT2D eigenvalue weighted by Gasteiger charge is -2.18. The molecule has 1 unspecified atom stereocenters. The van der Waals surface area contributed by atoms with E-state index in [4.69, 9.17) is 12.2 Å². The highest BCUT2D eigenvalue weighted by molar-refractivity contribution is 8.26. The smallest absolute Gasteiger partial charge is 0.326 e. The molecule has 1 atom stereocenters. The third-order valence-corrected chi connectivity index (χ3v) is 6.02. The molecule has 1 aliphatic rings. The molecular formula is C24H22N2O4S2. The number of nitrogens with zero attached hydrogens (tertiary/aromatic N) is 1. The molecule has 1 aliphatic heterocycles. The van der Waals surface area contributed by atoms with Gasteiger partial charge in [-0.3, -0.25) is 14.5 Å². The number of benzene rings is 2. The molecule has 2 amide bonds. The monoisotopic (exact) mass is 466 g/mol. The summed E-state index contributed by atoms with van der Waals surface area (Å²) in [7, 11) is 0. The minimum atomic E-state index is -1.14. The van der Waals surface area contributed by atoms with Crippen molar-refractivity contribution in [2.45, 2.75) is 19.4 Å². The van der Waals surface area contributed by atoms with Gasteiger partial charge in [0.05, 0.1) is 4.91 Å². The third kappa shape index (κ3) is 6.38. The van der Waals surface area contributed by atoms with Crippen LogP contribution in [0.4, 0.5) is 0 Å². The van der Waals surface area contributed by atoms with Crippen molar-refractivity contribution in [3.63, 3.8) is 0 Å². The Morgan fingerprint density at radius 3 is 2.38 bits per heavy atom. The van der Waals surface area contributed by atoms with Crippen molar-refractivity contribution in [3.8, 4) is 0 Å². The number of rotatable bonds is 8. The van der Waals surface area contributed by atoms with Crippen LogP contribution >= 0.6 is 24.0 Å². The van der Waals surface area contributed by atoms with Gasteiger partial charge in [0.1, 0.15) is 16.9 Å². The zero-order chi connectivity index (χ0) is 23.1. The van der Waals surface area contributed by atoms with Crippen LogP contribution < -0.4 is 5.32 Å². The second-order valence-corrected chi connectivity index (χ2v) is 8.89. The first kappa shape index (κ1) is 23.4. The predicted octanol–water partition coefficient (Wildman–Crippen LogP) is 3.65. The number of carboxylic acid groups (broad SMARTS) is 1. The van der Waals surface area contributed by atoms with E-state index >= 15 is 0 Å². The maximum atomic E-state index is 12.8. The SMILES string of the molecule is CC(/C=C1\SC(=S)N(CC(=O)NC(Cc2ccccc2)C(=O)O)C1=O)=C\c1ccccc1. The third-order valence-electron chi connectivity index (χ3n) is 4.64. The molecule has 2 aromatic carbocycles. The van der Waals surface area contributed by atoms with Gasteiger partial charge in [0.15, 0.2) is 0 Å². The molecule has 6 nitrogen and oxygen atoms in total. The first-order chi connectivity index (χ1) is 15.3. The topological polar surface area (TPSA) is 86.7 Å². The van der Waals surface area contributed by atoms with Gasteiger partial charge >= 0.3 is 5.97 Å². The Hall–Kier alpha value is -3.23. The van der Waals surface area contributed by atoms with Gasteiger partial charge < -0.3 is 10.4 Å². The fourth-order valence-electron chi connectivity index (χ4n) is 3.13. The molecule has 8 heteroatoms. The highest BCUT2D eigenvalue weighted by atomic mass is 32.2. The van der Waals surface area contributed by atoms with E-state index in [2.05, 4.69) is 5.32 Å². The van der Waals surface area contributed by atoms with Crippen molar-refractivity contribution in [2.24, 2.45) is 0 Å². The van der Waals surface area contributed by atoms with Crippen LogP contribution in [-0.2, 0) is 20.8 Å². The van der Waals surface area contributed by atoms with E-state index in [0.717, 1.165) is 28.5 Å². The van der Waals surface area contributed by atoms with E-state index in [1.807, 2.05) is 49.4 Å². The maximum Gasteiger partial charge on any atom is 0.326 e. The highest BCUT2D eigenvalue weighted by Gasteiger charge is 2.34. The first-order valence-electron chi connectivity index (χ1n) is 9.88. The molecule has 32 heavy (non-hydrogen) atoms. The quantitative estimate of drug-likeness (QED) is 0.456. The highest BCUT2D eigenvalue weighted by Crippen LogP contribution is 2.31. The molecule has 0 aromatic heterocycles. The Morgan fingerprint density at radius 1 is 1.12 bits per heavy atom. The molecule has 1 fully saturated rings. The summed E-state index contributed by atoms with van der Waals surface area (Å²) in [6, 6.07) is 17.6. The van der Waals surface area contributed by atoms with Crippen molar-refractivity contribution in [1.82, 2.24) is 10.2 Å². The number of carboxylic acids is 1. The number of thiocarbonyl (C=S) groups is 1. The van der Waals surface area contributed by atoms with Crippen LogP contribution in [0.25, 0.3) is 6.08 Å². The molecule has 0 saturated carbocycles. The summed E-state index contributed by atoms with van der Waals surface area (Å²) in [6.07, 6.45) is 3.82. The van der Waals surface area contributed by atoms with Crippen molar-refractivity contribution < 1.29 is 19.5 Å². The summed E-state index contributed by atoms with van der Waals surface area (Å²) in [5.74, 6) is -2.09. The second-order valence-electron chi connectivity index (χ2n) is 7.21. The predicted molar refractivity (Wildman–Crippen MR) is 130 cm³/mol. The Kier molecular flexibility index (Phi) is 7.97. The summed E-state index contributed by atoms with van der Waals surface area (Å²) >= 11 is 6.40. The summed E-state index contributed by atoms with van der Waals surface area (Å²) < 4.78 is 0.263. The maximum absolute atomic E-state index is 12.8. The van der Waals surface area contributed by atoms with Crippen LogP contribution in [-0.4, -0.2) is 44.7 Å². The summed E-state index contributed by atoms with van der Waals surface area (Å²) in [4.78, 5) is 38.5. The fraction of sp³-hybridized carbons (Fsp3) is 0.167. The number of carbonyl (C=O) groups is 3. The Morgan fingerprint density at radius 2 is 1.75 bits per heavy atom. The second kappa shape index (κ2) is 10.9. The first-order valence-corrected chi connectivity index (χ1v) is 11.1. The molecule has 0 bridgehead atoms. The zero-order valence-corrected chi connectivity index (χ0v) is 19.0. The molecule has 0 spiro atoms. The van der Waals surface area contributed by atoms with Gasteiger partial charge in [-0.25, -0.2) is 4.79 Å². The number of allylic oxidation sites excluding steroid dienone is 2. The van der Waals surface area contributed by atoms with Crippen LogP contribution in [0.15, 0.2) is 77.2 Å². The van der Waals surface area contributed by atoms with Crippen molar-refractivity contribution in [1.29, 1.82) is 0 Å². The van der Waals surface area contributed by atoms with Crippen molar-refractivity contribution in [2.75, 3.05) is 6.54 Å². The van der Waals surface area contributed by atoms with Crippen molar-refractivity contribution in [3.05, 3.63) is 88.3 Å². The molecule has 3 rings (SSSR count). The van der Waals surface area contributed by atoms with E-state index in [9.17, 15) is 19.5 Å². The minimum absolute atomic E-state index is 0.143. The Balaban J connectivity index is 1.64. The van der Waals surface area contributed by atoms with Gasteiger partial charge in [-0.05, 0) is 29.7 Å². The summed E-state index contributed by atoms with van der Waals surface area (Å²) in [6.45, 7) is 1.55. The largest absolute Gasteiger partial charge is 0.480 e. The average molecular weight is 467 g/mol. The van der Waals surface area contributed by atoms with E-state index in [1.165, 1.54) is 4.90 Å². The van der Waals surface area contributed by atoms with Gasteiger partial charge in [0.25, 0.3) is 5.91 Å². The van der Waals surface area contributed by atoms with Crippen LogP contribution in [0.2, 0.25) is 0 Å². The van der Waals surface area contributed by atoms with Crippen LogP contribution in [0.1, 0.15) is 18.1 Å². The number of carbonyl (C=O) groups excluding carboxylic acids is 2. The van der Waals surface area contributed by atoms with E-state index < -0.39 is 17.9 Å². The zero-order valence-electron chi connectivity index (χ0n) is 17.4. The van der Waals surface area contributed by atoms with Gasteiger partial charge in [-0.2, -0.15) is 0 Å². The molecular weight excluding hydrogens is 444 g/mol. The van der Waals surface area contributed by atoms with Gasteiger partial charge in [-0.15, -0.1) is 0 Å². The molecule has 1 saturated heterocycles. The lowest BCUT2D eigenvalue weighted by Crippen LogP contribution is -2.47. The number of hydrogen-bond acceptors (Lipinski definition) is 5. The van der Waals surface area contributed by atoms with E-state index in [1.54, 1.807) is 30.3 Å². The molecule has 0 aliphatic carbocycles. The van der Waals surface area contributed by atoms with Gasteiger partial charge in [0.2, 0.25) is 5.91 Å². The number of thioether (sulfide) groups is 1. The van der Waals surface area contributed by atoms with Crippen LogP contribution in [0.5, 0.6) is 0 Å². The lowest BCUT2D eigenvalue weighted by molar-refractivity contribution is -0.142. The molecule has 0 radical (unpaired) electrons. The Bertz CT molecular complexity index is 1080. The molecule has 2 aromatic rings. The van der Waals surface area contributed by atoms with Crippen LogP contribution in [0.3, 0.4) is 0 Å². The summed E-state index contributed by atoms with van der Waals surface area (Å²) in [5.41, 5.74) is 2.67. The lowest BCUT2D eigenvalue weighted by atomic mass is 10.1. The average Bonchev–Trinajstić information content (AvgIpc) is 3.01. The van der Waals surface area contributed by atoms with E-state index in [-0.39, 0.29) is 23.2 Å². The number of hydrogen-bond donors (Lipinski definition) is 2. The van der Waals surface area contributed by atoms with Gasteiger partial charge in [-0.1, -0.05) is 90.7 Å². The molecule has 2 N–H and O–H groups in total. The van der Waals surface area contributed by atoms with E-state index in [0.29, 0.717) is 4.91 Å². The van der Waals surface area contributed by atoms with Crippen LogP contribution in [0, 0.1) is 0 Å². The number of aliphatic carboxylic acids is 1. The normalized spacial score (nSPS) is 16.3. The standard InChI is InChI=1S/C24H22N2O4S2/c1-16(12-17-8-4-2-5-9-17)13-20-22(28)26(24(31)32-20)15-21(27)25-19(23(29)30)14-18-10-6-3-7-11-18/h2-13,19H,14-15H2,1H3,(H,25,27)(H,29,30)/b16-12+,20-13-. The summed E-state index contributed by atoms with van der Waals surface area (Å²) in [5, 5.41) is 12.0.